The zero-order valence-electron chi connectivity index (χ0n) is 11.2. The summed E-state index contributed by atoms with van der Waals surface area (Å²) in [4.78, 5) is 23.0. The van der Waals surface area contributed by atoms with Crippen molar-refractivity contribution in [1.82, 2.24) is 10.6 Å². The summed E-state index contributed by atoms with van der Waals surface area (Å²) in [6, 6.07) is 5.27. The fraction of sp³-hybridized carbons (Fsp3) is 0.429. The van der Waals surface area contributed by atoms with Crippen LogP contribution in [-0.2, 0) is 4.79 Å². The van der Waals surface area contributed by atoms with Gasteiger partial charge in [-0.2, -0.15) is 0 Å². The van der Waals surface area contributed by atoms with Gasteiger partial charge in [0.15, 0.2) is 0 Å². The molecule has 0 radical (unpaired) electrons. The Hall–Kier alpha value is -1.91. The van der Waals surface area contributed by atoms with Crippen LogP contribution in [0.2, 0.25) is 0 Å². The number of hydrogen-bond acceptors (Lipinski definition) is 2. The van der Waals surface area contributed by atoms with Gasteiger partial charge >= 0.3 is 0 Å². The van der Waals surface area contributed by atoms with Crippen LogP contribution in [-0.4, -0.2) is 24.9 Å². The van der Waals surface area contributed by atoms with E-state index in [4.69, 9.17) is 0 Å². The zero-order chi connectivity index (χ0) is 14.3. The van der Waals surface area contributed by atoms with Gasteiger partial charge in [-0.1, -0.05) is 13.8 Å². The second-order valence-corrected chi connectivity index (χ2v) is 4.71. The van der Waals surface area contributed by atoms with Crippen LogP contribution in [0.15, 0.2) is 24.3 Å². The maximum absolute atomic E-state index is 12.7. The van der Waals surface area contributed by atoms with Gasteiger partial charge in [-0.3, -0.25) is 9.59 Å². The summed E-state index contributed by atoms with van der Waals surface area (Å²) >= 11 is 0. The molecule has 0 unspecified atom stereocenters. The van der Waals surface area contributed by atoms with E-state index in [0.717, 1.165) is 0 Å². The summed E-state index contributed by atoms with van der Waals surface area (Å²) in [7, 11) is 0. The topological polar surface area (TPSA) is 58.2 Å². The van der Waals surface area contributed by atoms with Gasteiger partial charge in [0.1, 0.15) is 5.82 Å². The summed E-state index contributed by atoms with van der Waals surface area (Å²) in [6.07, 6.45) is 0.236. The normalized spacial score (nSPS) is 10.3. The highest BCUT2D eigenvalue weighted by Gasteiger charge is 2.06. The Morgan fingerprint density at radius 3 is 2.37 bits per heavy atom. The Bertz CT molecular complexity index is 430. The minimum atomic E-state index is -0.385. The van der Waals surface area contributed by atoms with Gasteiger partial charge in [-0.15, -0.1) is 0 Å². The van der Waals surface area contributed by atoms with Gasteiger partial charge in [0, 0.05) is 25.1 Å². The van der Waals surface area contributed by atoms with Crippen molar-refractivity contribution in [3.8, 4) is 0 Å². The maximum Gasteiger partial charge on any atom is 0.251 e. The van der Waals surface area contributed by atoms with Crippen molar-refractivity contribution in [2.75, 3.05) is 13.1 Å². The fourth-order valence-electron chi connectivity index (χ4n) is 1.40. The van der Waals surface area contributed by atoms with E-state index in [1.54, 1.807) is 0 Å². The lowest BCUT2D eigenvalue weighted by Crippen LogP contribution is -2.32. The third-order valence-electron chi connectivity index (χ3n) is 2.45. The standard InChI is InChI=1S/C14H19FN2O2/c1-10(2)9-17-13(18)7-8-16-14(19)11-3-5-12(15)6-4-11/h3-6,10H,7-9H2,1-2H3,(H,16,19)(H,17,18). The molecule has 0 spiro atoms. The lowest BCUT2D eigenvalue weighted by molar-refractivity contribution is -0.121. The Balaban J connectivity index is 2.27. The predicted molar refractivity (Wildman–Crippen MR) is 71.2 cm³/mol. The molecule has 0 atom stereocenters. The lowest BCUT2D eigenvalue weighted by atomic mass is 10.2. The van der Waals surface area contributed by atoms with Gasteiger partial charge in [0.2, 0.25) is 5.91 Å². The third kappa shape index (κ3) is 5.99. The lowest BCUT2D eigenvalue weighted by Gasteiger charge is -2.08. The molecule has 5 heteroatoms. The van der Waals surface area contributed by atoms with Crippen LogP contribution in [0.4, 0.5) is 4.39 Å². The number of nitrogens with one attached hydrogen (secondary N) is 2. The van der Waals surface area contributed by atoms with E-state index in [1.807, 2.05) is 13.8 Å². The van der Waals surface area contributed by atoms with Crippen LogP contribution in [0.5, 0.6) is 0 Å². The number of halogens is 1. The molecule has 0 aliphatic carbocycles. The molecule has 4 nitrogen and oxygen atoms in total. The summed E-state index contributed by atoms with van der Waals surface area (Å²) in [5, 5.41) is 5.38. The number of carbonyl (C=O) groups excluding carboxylic acids is 2. The molecule has 0 aromatic heterocycles. The SMILES string of the molecule is CC(C)CNC(=O)CCNC(=O)c1ccc(F)cc1. The van der Waals surface area contributed by atoms with Gasteiger partial charge < -0.3 is 10.6 Å². The van der Waals surface area contributed by atoms with E-state index in [-0.39, 0.29) is 30.6 Å². The van der Waals surface area contributed by atoms with Crippen molar-refractivity contribution in [3.05, 3.63) is 35.6 Å². The highest BCUT2D eigenvalue weighted by Crippen LogP contribution is 2.02. The van der Waals surface area contributed by atoms with E-state index >= 15 is 0 Å². The Morgan fingerprint density at radius 1 is 1.16 bits per heavy atom. The summed E-state index contributed by atoms with van der Waals surface area (Å²) in [5.74, 6) is -0.382. The molecule has 1 aromatic rings. The van der Waals surface area contributed by atoms with Crippen molar-refractivity contribution in [2.24, 2.45) is 5.92 Å². The average molecular weight is 266 g/mol. The van der Waals surface area contributed by atoms with Crippen molar-refractivity contribution < 1.29 is 14.0 Å². The molecule has 0 aliphatic heterocycles. The molecule has 1 aromatic carbocycles. The van der Waals surface area contributed by atoms with E-state index in [1.165, 1.54) is 24.3 Å². The van der Waals surface area contributed by atoms with E-state index < -0.39 is 0 Å². The molecule has 0 fully saturated rings. The first-order valence-electron chi connectivity index (χ1n) is 6.29. The van der Waals surface area contributed by atoms with Gasteiger partial charge in [-0.25, -0.2) is 4.39 Å². The molecule has 19 heavy (non-hydrogen) atoms. The minimum absolute atomic E-state index is 0.0897. The maximum atomic E-state index is 12.7. The van der Waals surface area contributed by atoms with E-state index in [2.05, 4.69) is 10.6 Å². The highest BCUT2D eigenvalue weighted by molar-refractivity contribution is 5.94. The Labute approximate surface area is 112 Å². The Morgan fingerprint density at radius 2 is 1.79 bits per heavy atom. The zero-order valence-corrected chi connectivity index (χ0v) is 11.2. The monoisotopic (exact) mass is 266 g/mol. The molecule has 0 aliphatic rings. The summed E-state index contributed by atoms with van der Waals surface area (Å²) in [6.45, 7) is 4.91. The van der Waals surface area contributed by atoms with Crippen LogP contribution < -0.4 is 10.6 Å². The predicted octanol–water partition coefficient (Wildman–Crippen LogP) is 1.72. The number of carbonyl (C=O) groups is 2. The third-order valence-corrected chi connectivity index (χ3v) is 2.45. The molecule has 0 bridgehead atoms. The second-order valence-electron chi connectivity index (χ2n) is 4.71. The molecule has 1 rings (SSSR count). The van der Waals surface area contributed by atoms with Crippen LogP contribution in [0, 0.1) is 11.7 Å². The molecule has 0 saturated carbocycles. The van der Waals surface area contributed by atoms with Gasteiger partial charge in [-0.05, 0) is 30.2 Å². The number of rotatable bonds is 6. The fourth-order valence-corrected chi connectivity index (χ4v) is 1.40. The van der Waals surface area contributed by atoms with Crippen LogP contribution in [0.1, 0.15) is 30.6 Å². The minimum Gasteiger partial charge on any atom is -0.356 e. The van der Waals surface area contributed by atoms with Crippen LogP contribution >= 0.6 is 0 Å². The Kier molecular flexibility index (Phi) is 5.99. The number of amides is 2. The number of hydrogen-bond donors (Lipinski definition) is 2. The average Bonchev–Trinajstić information content (AvgIpc) is 2.37. The first-order chi connectivity index (χ1) is 8.99. The molecule has 2 amide bonds. The van der Waals surface area contributed by atoms with Crippen molar-refractivity contribution in [1.29, 1.82) is 0 Å². The molecule has 104 valence electrons. The van der Waals surface area contributed by atoms with Gasteiger partial charge in [0.25, 0.3) is 5.91 Å². The molecular formula is C14H19FN2O2. The molecule has 0 saturated heterocycles. The van der Waals surface area contributed by atoms with Crippen molar-refractivity contribution >= 4 is 11.8 Å². The quantitative estimate of drug-likeness (QED) is 0.823. The van der Waals surface area contributed by atoms with Gasteiger partial charge in [0.05, 0.1) is 0 Å². The van der Waals surface area contributed by atoms with E-state index in [0.29, 0.717) is 18.0 Å². The van der Waals surface area contributed by atoms with Crippen molar-refractivity contribution in [3.63, 3.8) is 0 Å². The number of benzene rings is 1. The smallest absolute Gasteiger partial charge is 0.251 e. The van der Waals surface area contributed by atoms with Crippen molar-refractivity contribution in [2.45, 2.75) is 20.3 Å². The molecule has 0 heterocycles. The summed E-state index contributed by atoms with van der Waals surface area (Å²) in [5.41, 5.74) is 0.379. The first kappa shape index (κ1) is 15.1. The van der Waals surface area contributed by atoms with Crippen LogP contribution in [0.3, 0.4) is 0 Å². The highest BCUT2D eigenvalue weighted by atomic mass is 19.1. The first-order valence-corrected chi connectivity index (χ1v) is 6.29. The van der Waals surface area contributed by atoms with Crippen LogP contribution in [0.25, 0.3) is 0 Å². The summed E-state index contributed by atoms with van der Waals surface area (Å²) < 4.78 is 12.7. The largest absolute Gasteiger partial charge is 0.356 e. The second kappa shape index (κ2) is 7.51. The molecular weight excluding hydrogens is 247 g/mol. The van der Waals surface area contributed by atoms with E-state index in [9.17, 15) is 14.0 Å². The molecule has 2 N–H and O–H groups in total.